The molecule has 0 N–H and O–H groups in total. The Hall–Kier alpha value is -6.50. The SMILES string of the molecule is c1ccc(-n2c3ccccc3c3sc4cc(-c5ccc(-c6cccc7c6sc6c8ccccc8n(-c8ccccc8)c76)c6sc7ccccc7c56)ccc4c32)cc1. The quantitative estimate of drug-likeness (QED) is 0.168. The molecule has 5 heterocycles. The van der Waals surface area contributed by atoms with Crippen LogP contribution in [0.25, 0.3) is 116 Å². The van der Waals surface area contributed by atoms with E-state index in [1.807, 2.05) is 34.0 Å². The van der Waals surface area contributed by atoms with Crippen molar-refractivity contribution in [2.75, 3.05) is 0 Å². The summed E-state index contributed by atoms with van der Waals surface area (Å²) in [6.07, 6.45) is 0. The number of hydrogen-bond acceptors (Lipinski definition) is 3. The number of para-hydroxylation sites is 4. The second kappa shape index (κ2) is 12.0. The molecule has 0 unspecified atom stereocenters. The summed E-state index contributed by atoms with van der Waals surface area (Å²) in [5, 5.41) is 7.86. The monoisotopic (exact) mass is 778 g/mol. The molecule has 0 saturated carbocycles. The zero-order valence-electron chi connectivity index (χ0n) is 30.4. The lowest BCUT2D eigenvalue weighted by molar-refractivity contribution is 1.19. The second-order valence-electron chi connectivity index (χ2n) is 14.8. The molecule has 0 saturated heterocycles. The minimum atomic E-state index is 1.19. The molecule has 0 aliphatic rings. The molecular weight excluding hydrogens is 749 g/mol. The van der Waals surface area contributed by atoms with Crippen LogP contribution in [0, 0.1) is 0 Å². The third-order valence-corrected chi connectivity index (χ3v) is 15.4. The molecule has 57 heavy (non-hydrogen) atoms. The molecule has 8 aromatic carbocycles. The number of aromatic nitrogens is 2. The Morgan fingerprint density at radius 3 is 1.58 bits per heavy atom. The summed E-state index contributed by atoms with van der Waals surface area (Å²) in [5.41, 5.74) is 12.6. The zero-order valence-corrected chi connectivity index (χ0v) is 32.9. The fourth-order valence-corrected chi connectivity index (χ4v) is 13.2. The van der Waals surface area contributed by atoms with Crippen molar-refractivity contribution < 1.29 is 0 Å². The lowest BCUT2D eigenvalue weighted by atomic mass is 9.94. The lowest BCUT2D eigenvalue weighted by Gasteiger charge is -2.12. The fourth-order valence-electron chi connectivity index (χ4n) is 9.31. The average Bonchev–Trinajstić information content (AvgIpc) is 4.08. The van der Waals surface area contributed by atoms with Gasteiger partial charge in [-0.05, 0) is 59.7 Å². The molecule has 0 fully saturated rings. The molecule has 13 aromatic rings. The highest BCUT2D eigenvalue weighted by molar-refractivity contribution is 7.28. The van der Waals surface area contributed by atoms with Crippen LogP contribution in [0.1, 0.15) is 0 Å². The van der Waals surface area contributed by atoms with Crippen LogP contribution in [0.15, 0.2) is 182 Å². The minimum Gasteiger partial charge on any atom is -0.308 e. The molecular formula is C52H30N2S3. The van der Waals surface area contributed by atoms with E-state index in [2.05, 4.69) is 191 Å². The van der Waals surface area contributed by atoms with Crippen LogP contribution in [-0.4, -0.2) is 9.13 Å². The summed E-state index contributed by atoms with van der Waals surface area (Å²) in [6.45, 7) is 0. The van der Waals surface area contributed by atoms with E-state index in [0.717, 1.165) is 0 Å². The smallest absolute Gasteiger partial charge is 0.0727 e. The van der Waals surface area contributed by atoms with Crippen molar-refractivity contribution in [1.29, 1.82) is 0 Å². The summed E-state index contributed by atoms with van der Waals surface area (Å²) in [4.78, 5) is 0. The summed E-state index contributed by atoms with van der Waals surface area (Å²) >= 11 is 5.76. The third kappa shape index (κ3) is 4.45. The van der Waals surface area contributed by atoms with Crippen LogP contribution in [-0.2, 0) is 0 Å². The minimum absolute atomic E-state index is 1.19. The molecule has 5 heteroatoms. The number of rotatable bonds is 4. The first-order chi connectivity index (χ1) is 28.3. The summed E-state index contributed by atoms with van der Waals surface area (Å²) < 4.78 is 12.9. The van der Waals surface area contributed by atoms with E-state index in [1.165, 1.54) is 116 Å². The number of hydrogen-bond donors (Lipinski definition) is 0. The van der Waals surface area contributed by atoms with Gasteiger partial charge >= 0.3 is 0 Å². The third-order valence-electron chi connectivity index (χ3n) is 11.7. The Balaban J connectivity index is 1.05. The van der Waals surface area contributed by atoms with Gasteiger partial charge in [-0.15, -0.1) is 34.0 Å². The highest BCUT2D eigenvalue weighted by atomic mass is 32.1. The van der Waals surface area contributed by atoms with Crippen molar-refractivity contribution in [3.63, 3.8) is 0 Å². The highest BCUT2D eigenvalue weighted by Gasteiger charge is 2.23. The maximum Gasteiger partial charge on any atom is 0.0727 e. The Morgan fingerprint density at radius 2 is 0.860 bits per heavy atom. The van der Waals surface area contributed by atoms with Crippen LogP contribution < -0.4 is 0 Å². The Bertz CT molecular complexity index is 3740. The Labute approximate surface area is 339 Å². The molecule has 0 aliphatic carbocycles. The van der Waals surface area contributed by atoms with Gasteiger partial charge in [-0.1, -0.05) is 133 Å². The van der Waals surface area contributed by atoms with Gasteiger partial charge in [0.2, 0.25) is 0 Å². The molecule has 13 rings (SSSR count). The lowest BCUT2D eigenvalue weighted by Crippen LogP contribution is -1.93. The van der Waals surface area contributed by atoms with Gasteiger partial charge in [0.05, 0.1) is 31.5 Å². The van der Waals surface area contributed by atoms with Crippen LogP contribution in [0.4, 0.5) is 0 Å². The first-order valence-electron chi connectivity index (χ1n) is 19.3. The number of fused-ring (bicyclic) bond motifs is 13. The maximum absolute atomic E-state index is 2.46. The van der Waals surface area contributed by atoms with Gasteiger partial charge in [-0.3, -0.25) is 0 Å². The van der Waals surface area contributed by atoms with Crippen LogP contribution in [0.5, 0.6) is 0 Å². The zero-order chi connectivity index (χ0) is 37.2. The largest absolute Gasteiger partial charge is 0.308 e. The van der Waals surface area contributed by atoms with E-state index < -0.39 is 0 Å². The van der Waals surface area contributed by atoms with E-state index in [9.17, 15) is 0 Å². The van der Waals surface area contributed by atoms with Gasteiger partial charge in [-0.25, -0.2) is 0 Å². The topological polar surface area (TPSA) is 9.86 Å². The molecule has 266 valence electrons. The van der Waals surface area contributed by atoms with E-state index in [0.29, 0.717) is 0 Å². The first-order valence-corrected chi connectivity index (χ1v) is 21.7. The number of nitrogens with zero attached hydrogens (tertiary/aromatic N) is 2. The summed E-state index contributed by atoms with van der Waals surface area (Å²) in [7, 11) is 0. The van der Waals surface area contributed by atoms with Crippen molar-refractivity contribution in [3.8, 4) is 33.6 Å². The molecule has 0 atom stereocenters. The van der Waals surface area contributed by atoms with E-state index in [-0.39, 0.29) is 0 Å². The van der Waals surface area contributed by atoms with E-state index in [4.69, 9.17) is 0 Å². The standard InChI is InChI=1S/C52H30N2S3/c1-3-14-32(15-4-1)53-42-23-10-7-18-37(42)51-47(53)40-27-26-31(30-45(40)56-51)34-28-29-36(50-46(34)39-20-9-12-25-44(39)55-50)35-21-13-22-41-48-52(57-49(35)41)38-19-8-11-24-43(38)54(48)33-16-5-2-6-17-33/h1-30H. The van der Waals surface area contributed by atoms with E-state index >= 15 is 0 Å². The van der Waals surface area contributed by atoms with Gasteiger partial charge in [0.15, 0.2) is 0 Å². The average molecular weight is 779 g/mol. The molecule has 5 aromatic heterocycles. The Kier molecular flexibility index (Phi) is 6.67. The van der Waals surface area contributed by atoms with Crippen molar-refractivity contribution >= 4 is 117 Å². The molecule has 0 amide bonds. The molecule has 0 radical (unpaired) electrons. The molecule has 0 aliphatic heterocycles. The predicted molar refractivity (Wildman–Crippen MR) is 250 cm³/mol. The summed E-state index contributed by atoms with van der Waals surface area (Å²) in [5.74, 6) is 0. The molecule has 0 spiro atoms. The van der Waals surface area contributed by atoms with Crippen molar-refractivity contribution in [2.24, 2.45) is 0 Å². The van der Waals surface area contributed by atoms with Crippen molar-refractivity contribution in [3.05, 3.63) is 182 Å². The maximum atomic E-state index is 2.46. The fraction of sp³-hybridized carbons (Fsp3) is 0. The van der Waals surface area contributed by atoms with Crippen LogP contribution in [0.2, 0.25) is 0 Å². The first kappa shape index (κ1) is 31.7. The van der Waals surface area contributed by atoms with Gasteiger partial charge in [0.25, 0.3) is 0 Å². The van der Waals surface area contributed by atoms with Crippen LogP contribution in [0.3, 0.4) is 0 Å². The second-order valence-corrected chi connectivity index (χ2v) is 17.9. The normalized spacial score (nSPS) is 12.2. The number of benzene rings is 8. The van der Waals surface area contributed by atoms with Gasteiger partial charge < -0.3 is 9.13 Å². The van der Waals surface area contributed by atoms with Gasteiger partial charge in [0, 0.05) is 73.6 Å². The van der Waals surface area contributed by atoms with Crippen molar-refractivity contribution in [1.82, 2.24) is 9.13 Å². The predicted octanol–water partition coefficient (Wildman–Crippen LogP) is 16.0. The van der Waals surface area contributed by atoms with Crippen LogP contribution >= 0.6 is 34.0 Å². The summed E-state index contributed by atoms with van der Waals surface area (Å²) in [6, 6.07) is 67.1. The van der Waals surface area contributed by atoms with E-state index in [1.54, 1.807) is 0 Å². The molecule has 2 nitrogen and oxygen atoms in total. The van der Waals surface area contributed by atoms with Gasteiger partial charge in [0.1, 0.15) is 0 Å². The highest BCUT2D eigenvalue weighted by Crippen LogP contribution is 2.51. The molecule has 0 bridgehead atoms. The van der Waals surface area contributed by atoms with Crippen molar-refractivity contribution in [2.45, 2.75) is 0 Å². The van der Waals surface area contributed by atoms with Gasteiger partial charge in [-0.2, -0.15) is 0 Å². The number of thiophene rings is 3. The Morgan fingerprint density at radius 1 is 0.316 bits per heavy atom.